The highest BCUT2D eigenvalue weighted by molar-refractivity contribution is 5.79. The summed E-state index contributed by atoms with van der Waals surface area (Å²) in [5.41, 5.74) is 1.09. The third-order valence-electron chi connectivity index (χ3n) is 3.70. The smallest absolute Gasteiger partial charge is 0.306 e. The van der Waals surface area contributed by atoms with Crippen molar-refractivity contribution in [3.05, 3.63) is 35.9 Å². The number of rotatable bonds is 5. The van der Waals surface area contributed by atoms with Gasteiger partial charge in [0.2, 0.25) is 5.91 Å². The number of hydrogen-bond donors (Lipinski definition) is 1. The van der Waals surface area contributed by atoms with Crippen molar-refractivity contribution in [3.63, 3.8) is 0 Å². The molecule has 1 saturated heterocycles. The van der Waals surface area contributed by atoms with Crippen molar-refractivity contribution in [2.24, 2.45) is 5.92 Å². The van der Waals surface area contributed by atoms with Crippen molar-refractivity contribution in [1.29, 1.82) is 0 Å². The van der Waals surface area contributed by atoms with Gasteiger partial charge in [0, 0.05) is 19.0 Å². The Hall–Kier alpha value is -1.84. The van der Waals surface area contributed by atoms with E-state index in [4.69, 9.17) is 5.11 Å². The van der Waals surface area contributed by atoms with E-state index in [2.05, 4.69) is 0 Å². The fourth-order valence-electron chi connectivity index (χ4n) is 2.54. The molecule has 1 fully saturated rings. The molecule has 1 aliphatic rings. The van der Waals surface area contributed by atoms with Crippen LogP contribution in [0.4, 0.5) is 0 Å². The Balaban J connectivity index is 2.03. The third-order valence-corrected chi connectivity index (χ3v) is 3.70. The summed E-state index contributed by atoms with van der Waals surface area (Å²) in [6.45, 7) is 2.28. The number of likely N-dealkylation sites (tertiary alicyclic amines) is 1. The molecule has 4 nitrogen and oxygen atoms in total. The molecule has 0 aromatic heterocycles. The van der Waals surface area contributed by atoms with E-state index in [1.807, 2.05) is 35.2 Å². The zero-order chi connectivity index (χ0) is 13.8. The lowest BCUT2D eigenvalue weighted by molar-refractivity contribution is -0.142. The molecule has 2 rings (SSSR count). The molecule has 19 heavy (non-hydrogen) atoms. The molecule has 0 spiro atoms. The summed E-state index contributed by atoms with van der Waals surface area (Å²) in [7, 11) is 0. The number of benzene rings is 1. The number of amides is 1. The number of carbonyl (C=O) groups is 2. The number of carboxylic acids is 1. The van der Waals surface area contributed by atoms with Crippen LogP contribution in [0, 0.1) is 5.92 Å². The predicted octanol–water partition coefficient (Wildman–Crippen LogP) is 2.29. The molecule has 1 amide bonds. The molecule has 1 aromatic rings. The van der Waals surface area contributed by atoms with Crippen molar-refractivity contribution in [1.82, 2.24) is 4.90 Å². The van der Waals surface area contributed by atoms with Crippen LogP contribution < -0.4 is 0 Å². The quantitative estimate of drug-likeness (QED) is 0.884. The van der Waals surface area contributed by atoms with Crippen molar-refractivity contribution < 1.29 is 14.7 Å². The largest absolute Gasteiger partial charge is 0.481 e. The van der Waals surface area contributed by atoms with Crippen LogP contribution in [0.5, 0.6) is 0 Å². The van der Waals surface area contributed by atoms with Crippen LogP contribution in [-0.2, 0) is 16.1 Å². The summed E-state index contributed by atoms with van der Waals surface area (Å²) in [6.07, 6.45) is 1.83. The van der Waals surface area contributed by atoms with Crippen LogP contribution in [0.3, 0.4) is 0 Å². The number of hydrogen-bond acceptors (Lipinski definition) is 2. The normalized spacial score (nSPS) is 20.6. The molecule has 1 unspecified atom stereocenters. The Morgan fingerprint density at radius 3 is 2.74 bits per heavy atom. The summed E-state index contributed by atoms with van der Waals surface area (Å²) in [5.74, 6) is -1.07. The first-order valence-electron chi connectivity index (χ1n) is 6.64. The molecular formula is C15H19NO3. The minimum Gasteiger partial charge on any atom is -0.481 e. The fourth-order valence-corrected chi connectivity index (χ4v) is 2.54. The van der Waals surface area contributed by atoms with E-state index in [0.29, 0.717) is 19.4 Å². The van der Waals surface area contributed by atoms with Crippen molar-refractivity contribution in [2.45, 2.75) is 38.8 Å². The highest BCUT2D eigenvalue weighted by atomic mass is 16.4. The van der Waals surface area contributed by atoms with Gasteiger partial charge in [0.15, 0.2) is 0 Å². The van der Waals surface area contributed by atoms with Crippen LogP contribution in [0.25, 0.3) is 0 Å². The van der Waals surface area contributed by atoms with Gasteiger partial charge in [-0.1, -0.05) is 37.3 Å². The second-order valence-electron chi connectivity index (χ2n) is 5.17. The van der Waals surface area contributed by atoms with Gasteiger partial charge in [0.25, 0.3) is 0 Å². The molecule has 1 heterocycles. The number of carboxylic acid groups (broad SMARTS) is 1. The molecule has 4 heteroatoms. The number of carbonyl (C=O) groups excluding carboxylic acids is 1. The molecule has 1 N–H and O–H groups in total. The first kappa shape index (κ1) is 13.6. The van der Waals surface area contributed by atoms with Crippen LogP contribution in [0.2, 0.25) is 0 Å². The molecule has 0 radical (unpaired) electrons. The predicted molar refractivity (Wildman–Crippen MR) is 71.4 cm³/mol. The molecule has 102 valence electrons. The highest BCUT2D eigenvalue weighted by Crippen LogP contribution is 2.26. The zero-order valence-electron chi connectivity index (χ0n) is 11.1. The van der Waals surface area contributed by atoms with E-state index in [0.717, 1.165) is 12.0 Å². The molecular weight excluding hydrogens is 242 g/mol. The van der Waals surface area contributed by atoms with E-state index in [-0.39, 0.29) is 11.9 Å². The third kappa shape index (κ3) is 3.34. The fraction of sp³-hybridized carbons (Fsp3) is 0.467. The Bertz CT molecular complexity index is 458. The molecule has 0 bridgehead atoms. The van der Waals surface area contributed by atoms with E-state index >= 15 is 0 Å². The van der Waals surface area contributed by atoms with Gasteiger partial charge in [-0.3, -0.25) is 9.59 Å². The minimum absolute atomic E-state index is 0.0545. The lowest BCUT2D eigenvalue weighted by Gasteiger charge is -2.26. The van der Waals surface area contributed by atoms with Crippen LogP contribution in [0.1, 0.15) is 31.7 Å². The average molecular weight is 261 g/mol. The lowest BCUT2D eigenvalue weighted by Crippen LogP contribution is -2.34. The Kier molecular flexibility index (Phi) is 4.20. The zero-order valence-corrected chi connectivity index (χ0v) is 11.1. The van der Waals surface area contributed by atoms with Crippen LogP contribution in [0.15, 0.2) is 30.3 Å². The molecule has 0 saturated carbocycles. The van der Waals surface area contributed by atoms with E-state index in [9.17, 15) is 9.59 Å². The molecule has 0 aliphatic carbocycles. The summed E-state index contributed by atoms with van der Waals surface area (Å²) >= 11 is 0. The highest BCUT2D eigenvalue weighted by Gasteiger charge is 2.32. The summed E-state index contributed by atoms with van der Waals surface area (Å²) in [5, 5.41) is 8.98. The van der Waals surface area contributed by atoms with Gasteiger partial charge >= 0.3 is 5.97 Å². The standard InChI is InChI=1S/C15H19NO3/c1-11(15(18)19)9-13-7-8-14(17)16(13)10-12-5-3-2-4-6-12/h2-6,11,13H,7-10H2,1H3,(H,18,19)/t11?,13-/m0/s1. The van der Waals surface area contributed by atoms with E-state index < -0.39 is 11.9 Å². The van der Waals surface area contributed by atoms with E-state index in [1.54, 1.807) is 6.92 Å². The molecule has 2 atom stereocenters. The van der Waals surface area contributed by atoms with Crippen molar-refractivity contribution >= 4 is 11.9 Å². The second-order valence-corrected chi connectivity index (χ2v) is 5.17. The summed E-state index contributed by atoms with van der Waals surface area (Å²) in [6, 6.07) is 9.88. The van der Waals surface area contributed by atoms with Gasteiger partial charge < -0.3 is 10.0 Å². The minimum atomic E-state index is -0.793. The maximum atomic E-state index is 11.9. The van der Waals surface area contributed by atoms with Crippen molar-refractivity contribution in [2.75, 3.05) is 0 Å². The molecule has 1 aromatic carbocycles. The van der Waals surface area contributed by atoms with Gasteiger partial charge in [-0.25, -0.2) is 0 Å². The van der Waals surface area contributed by atoms with Gasteiger partial charge in [-0.15, -0.1) is 0 Å². The maximum absolute atomic E-state index is 11.9. The van der Waals surface area contributed by atoms with Crippen LogP contribution in [-0.4, -0.2) is 27.9 Å². The Morgan fingerprint density at radius 2 is 2.11 bits per heavy atom. The van der Waals surface area contributed by atoms with Gasteiger partial charge in [0.1, 0.15) is 0 Å². The van der Waals surface area contributed by atoms with E-state index in [1.165, 1.54) is 0 Å². The lowest BCUT2D eigenvalue weighted by atomic mass is 10.00. The maximum Gasteiger partial charge on any atom is 0.306 e. The van der Waals surface area contributed by atoms with Crippen LogP contribution >= 0.6 is 0 Å². The Morgan fingerprint density at radius 1 is 1.42 bits per heavy atom. The monoisotopic (exact) mass is 261 g/mol. The Labute approximate surface area is 113 Å². The number of aliphatic carboxylic acids is 1. The SMILES string of the molecule is CC(C[C@@H]1CCC(=O)N1Cc1ccccc1)C(=O)O. The average Bonchev–Trinajstić information content (AvgIpc) is 2.72. The first-order valence-corrected chi connectivity index (χ1v) is 6.64. The van der Waals surface area contributed by atoms with Gasteiger partial charge in [0.05, 0.1) is 5.92 Å². The summed E-state index contributed by atoms with van der Waals surface area (Å²) < 4.78 is 0. The van der Waals surface area contributed by atoms with Crippen molar-refractivity contribution in [3.8, 4) is 0 Å². The topological polar surface area (TPSA) is 57.6 Å². The number of nitrogens with zero attached hydrogens (tertiary/aromatic N) is 1. The second kappa shape index (κ2) is 5.87. The molecule has 1 aliphatic heterocycles. The van der Waals surface area contributed by atoms with Gasteiger partial charge in [-0.2, -0.15) is 0 Å². The summed E-state index contributed by atoms with van der Waals surface area (Å²) in [4.78, 5) is 24.7. The first-order chi connectivity index (χ1) is 9.08. The van der Waals surface area contributed by atoms with Gasteiger partial charge in [-0.05, 0) is 18.4 Å².